The van der Waals surface area contributed by atoms with Crippen molar-refractivity contribution in [2.24, 2.45) is 7.05 Å². The van der Waals surface area contributed by atoms with Crippen molar-refractivity contribution in [2.45, 2.75) is 0 Å². The van der Waals surface area contributed by atoms with Crippen LogP contribution >= 0.6 is 0 Å². The third-order valence-corrected chi connectivity index (χ3v) is 3.53. The second-order valence-electron chi connectivity index (χ2n) is 4.89. The number of urea groups is 1. The number of likely N-dealkylation sites (N-methyl/N-ethyl adjacent to an activating group) is 1. The average Bonchev–Trinajstić information content (AvgIpc) is 2.78. The van der Waals surface area contributed by atoms with Gasteiger partial charge < -0.3 is 4.57 Å². The highest BCUT2D eigenvalue weighted by Gasteiger charge is 2.33. The zero-order valence-corrected chi connectivity index (χ0v) is 11.6. The Kier molecular flexibility index (Phi) is 2.86. The van der Waals surface area contributed by atoms with Crippen molar-refractivity contribution in [3.05, 3.63) is 41.6 Å². The molecule has 0 atom stereocenters. The number of amides is 4. The summed E-state index contributed by atoms with van der Waals surface area (Å²) in [4.78, 5) is 36.2. The number of benzene rings is 1. The highest BCUT2D eigenvalue weighted by atomic mass is 16.2. The predicted octanol–water partition coefficient (Wildman–Crippen LogP) is 1.27. The van der Waals surface area contributed by atoms with Crippen LogP contribution in [0.4, 0.5) is 4.79 Å². The molecule has 6 heteroatoms. The summed E-state index contributed by atoms with van der Waals surface area (Å²) in [6, 6.07) is 6.98. The molecule has 106 valence electrons. The summed E-state index contributed by atoms with van der Waals surface area (Å²) >= 11 is 0. The zero-order valence-electron chi connectivity index (χ0n) is 11.6. The first-order chi connectivity index (χ1) is 9.99. The average molecular weight is 283 g/mol. The van der Waals surface area contributed by atoms with Gasteiger partial charge in [0.1, 0.15) is 5.57 Å². The number of nitrogens with zero attached hydrogens (tertiary/aromatic N) is 2. The van der Waals surface area contributed by atoms with E-state index in [4.69, 9.17) is 0 Å². The second-order valence-corrected chi connectivity index (χ2v) is 4.89. The number of nitrogens with one attached hydrogen (secondary N) is 1. The maximum Gasteiger partial charge on any atom is 0.331 e. The summed E-state index contributed by atoms with van der Waals surface area (Å²) in [6.45, 7) is 0. The van der Waals surface area contributed by atoms with Crippen LogP contribution in [0.25, 0.3) is 17.0 Å². The monoisotopic (exact) mass is 283 g/mol. The molecule has 6 nitrogen and oxygen atoms in total. The van der Waals surface area contributed by atoms with Crippen LogP contribution in [0.3, 0.4) is 0 Å². The molecule has 2 heterocycles. The van der Waals surface area contributed by atoms with Gasteiger partial charge in [-0.25, -0.2) is 4.79 Å². The van der Waals surface area contributed by atoms with Gasteiger partial charge in [0, 0.05) is 36.8 Å². The minimum absolute atomic E-state index is 0.0477. The van der Waals surface area contributed by atoms with Crippen molar-refractivity contribution < 1.29 is 14.4 Å². The molecule has 1 aliphatic rings. The summed E-state index contributed by atoms with van der Waals surface area (Å²) in [6.07, 6.45) is 3.36. The Balaban J connectivity index is 2.13. The number of hydrogen-bond donors (Lipinski definition) is 1. The molecule has 1 N–H and O–H groups in total. The van der Waals surface area contributed by atoms with Crippen LogP contribution in [0.5, 0.6) is 0 Å². The van der Waals surface area contributed by atoms with Crippen LogP contribution in [0.15, 0.2) is 36.0 Å². The molecule has 3 rings (SSSR count). The largest absolute Gasteiger partial charge is 0.350 e. The molecule has 0 radical (unpaired) electrons. The van der Waals surface area contributed by atoms with Gasteiger partial charge >= 0.3 is 6.03 Å². The molecule has 0 aliphatic carbocycles. The minimum Gasteiger partial charge on any atom is -0.350 e. The van der Waals surface area contributed by atoms with E-state index in [1.54, 1.807) is 0 Å². The van der Waals surface area contributed by atoms with Gasteiger partial charge in [-0.2, -0.15) is 0 Å². The number of fused-ring (bicyclic) bond motifs is 1. The third kappa shape index (κ3) is 2.01. The molecular weight excluding hydrogens is 270 g/mol. The lowest BCUT2D eigenvalue weighted by molar-refractivity contribution is -0.129. The fourth-order valence-electron chi connectivity index (χ4n) is 2.39. The molecule has 0 saturated carbocycles. The molecule has 1 aromatic carbocycles. The quantitative estimate of drug-likeness (QED) is 0.633. The van der Waals surface area contributed by atoms with Crippen molar-refractivity contribution in [3.8, 4) is 0 Å². The molecule has 1 saturated heterocycles. The standard InChI is InChI=1S/C15H13N3O3/c1-17-8-9(10-5-3-4-6-12(10)17)7-11-13(19)16-15(21)18(2)14(11)20/h3-8H,1-2H3,(H,16,19,21). The Labute approximate surface area is 120 Å². The predicted molar refractivity (Wildman–Crippen MR) is 77.2 cm³/mol. The lowest BCUT2D eigenvalue weighted by Gasteiger charge is -2.22. The van der Waals surface area contributed by atoms with Gasteiger partial charge in [0.15, 0.2) is 0 Å². The first-order valence-corrected chi connectivity index (χ1v) is 6.38. The molecule has 0 unspecified atom stereocenters. The summed E-state index contributed by atoms with van der Waals surface area (Å²) in [7, 11) is 3.23. The van der Waals surface area contributed by atoms with Crippen molar-refractivity contribution in [2.75, 3.05) is 7.05 Å². The Morgan fingerprint density at radius 3 is 2.57 bits per heavy atom. The van der Waals surface area contributed by atoms with E-state index < -0.39 is 17.8 Å². The Morgan fingerprint density at radius 2 is 1.81 bits per heavy atom. The zero-order chi connectivity index (χ0) is 15.1. The number of aryl methyl sites for hydroxylation is 1. The van der Waals surface area contributed by atoms with Crippen molar-refractivity contribution in [1.82, 2.24) is 14.8 Å². The summed E-state index contributed by atoms with van der Waals surface area (Å²) in [5.41, 5.74) is 1.71. The number of carbonyl (C=O) groups is 3. The maximum atomic E-state index is 12.1. The van der Waals surface area contributed by atoms with Gasteiger partial charge in [0.25, 0.3) is 11.8 Å². The van der Waals surface area contributed by atoms with Crippen molar-refractivity contribution >= 4 is 34.8 Å². The van der Waals surface area contributed by atoms with Crippen LogP contribution < -0.4 is 5.32 Å². The Morgan fingerprint density at radius 1 is 1.10 bits per heavy atom. The van der Waals surface area contributed by atoms with Gasteiger partial charge in [-0.1, -0.05) is 18.2 Å². The lowest BCUT2D eigenvalue weighted by Crippen LogP contribution is -2.52. The van der Waals surface area contributed by atoms with E-state index in [0.717, 1.165) is 21.4 Å². The SMILES string of the molecule is CN1C(=O)NC(=O)C(=Cc2cn(C)c3ccccc23)C1=O. The summed E-state index contributed by atoms with van der Waals surface area (Å²) in [5, 5.41) is 3.07. The van der Waals surface area contributed by atoms with E-state index in [1.165, 1.54) is 13.1 Å². The van der Waals surface area contributed by atoms with Crippen LogP contribution in [0, 0.1) is 0 Å². The number of rotatable bonds is 1. The van der Waals surface area contributed by atoms with E-state index in [0.29, 0.717) is 0 Å². The van der Waals surface area contributed by atoms with E-state index in [9.17, 15) is 14.4 Å². The first kappa shape index (κ1) is 13.1. The van der Waals surface area contributed by atoms with Crippen LogP contribution in [-0.2, 0) is 16.6 Å². The smallest absolute Gasteiger partial charge is 0.331 e. The Hall–Kier alpha value is -2.89. The van der Waals surface area contributed by atoms with E-state index in [1.807, 2.05) is 42.1 Å². The van der Waals surface area contributed by atoms with E-state index in [-0.39, 0.29) is 5.57 Å². The number of carbonyl (C=O) groups excluding carboxylic acids is 3. The number of hydrogen-bond acceptors (Lipinski definition) is 3. The molecule has 0 bridgehead atoms. The third-order valence-electron chi connectivity index (χ3n) is 3.53. The number of aromatic nitrogens is 1. The fourth-order valence-corrected chi connectivity index (χ4v) is 2.39. The molecule has 0 spiro atoms. The molecule has 21 heavy (non-hydrogen) atoms. The van der Waals surface area contributed by atoms with Gasteiger partial charge in [-0.3, -0.25) is 19.8 Å². The fraction of sp³-hybridized carbons (Fsp3) is 0.133. The molecule has 4 amide bonds. The molecule has 1 aliphatic heterocycles. The van der Waals surface area contributed by atoms with E-state index in [2.05, 4.69) is 5.32 Å². The highest BCUT2D eigenvalue weighted by molar-refractivity contribution is 6.31. The van der Waals surface area contributed by atoms with Gasteiger partial charge in [0.05, 0.1) is 0 Å². The van der Waals surface area contributed by atoms with Crippen molar-refractivity contribution in [3.63, 3.8) is 0 Å². The molecular formula is C15H13N3O3. The summed E-state index contributed by atoms with van der Waals surface area (Å²) < 4.78 is 1.92. The Bertz CT molecular complexity index is 817. The van der Waals surface area contributed by atoms with Gasteiger partial charge in [-0.15, -0.1) is 0 Å². The van der Waals surface area contributed by atoms with Crippen LogP contribution in [0.2, 0.25) is 0 Å². The highest BCUT2D eigenvalue weighted by Crippen LogP contribution is 2.23. The second kappa shape index (κ2) is 4.59. The lowest BCUT2D eigenvalue weighted by atomic mass is 10.1. The normalized spacial score (nSPS) is 17.7. The van der Waals surface area contributed by atoms with Gasteiger partial charge in [0.2, 0.25) is 0 Å². The maximum absolute atomic E-state index is 12.1. The number of imide groups is 2. The summed E-state index contributed by atoms with van der Waals surface area (Å²) in [5.74, 6) is -1.27. The molecule has 1 fully saturated rings. The number of barbiturate groups is 1. The first-order valence-electron chi connectivity index (χ1n) is 6.38. The number of para-hydroxylation sites is 1. The molecule has 1 aromatic heterocycles. The van der Waals surface area contributed by atoms with Crippen LogP contribution in [-0.4, -0.2) is 34.4 Å². The minimum atomic E-state index is -0.708. The molecule has 2 aromatic rings. The topological polar surface area (TPSA) is 71.4 Å². The van der Waals surface area contributed by atoms with Crippen LogP contribution in [0.1, 0.15) is 5.56 Å². The van der Waals surface area contributed by atoms with Crippen molar-refractivity contribution in [1.29, 1.82) is 0 Å². The van der Waals surface area contributed by atoms with Gasteiger partial charge in [-0.05, 0) is 12.1 Å². The van der Waals surface area contributed by atoms with E-state index >= 15 is 0 Å².